The van der Waals surface area contributed by atoms with E-state index in [1.54, 1.807) is 16.4 Å². The van der Waals surface area contributed by atoms with Gasteiger partial charge in [0.25, 0.3) is 11.8 Å². The number of nitrogens with one attached hydrogen (secondary N) is 2. The van der Waals surface area contributed by atoms with E-state index in [-0.39, 0.29) is 41.9 Å². The number of benzene rings is 1. The third kappa shape index (κ3) is 5.10. The molecule has 0 spiro atoms. The van der Waals surface area contributed by atoms with Crippen LogP contribution in [0.2, 0.25) is 0 Å². The van der Waals surface area contributed by atoms with Crippen molar-refractivity contribution in [1.29, 1.82) is 0 Å². The van der Waals surface area contributed by atoms with Gasteiger partial charge in [-0.2, -0.15) is 0 Å². The number of aromatic nitrogens is 2. The van der Waals surface area contributed by atoms with Gasteiger partial charge in [-0.15, -0.1) is 0 Å². The minimum absolute atomic E-state index is 0.0129. The van der Waals surface area contributed by atoms with Crippen LogP contribution in [0.3, 0.4) is 0 Å². The maximum Gasteiger partial charge on any atom is 0.276 e. The van der Waals surface area contributed by atoms with Crippen molar-refractivity contribution in [3.8, 4) is 0 Å². The van der Waals surface area contributed by atoms with Crippen LogP contribution < -0.4 is 10.6 Å². The molecule has 2 aliphatic rings. The van der Waals surface area contributed by atoms with E-state index in [1.807, 2.05) is 45.9 Å². The smallest absolute Gasteiger partial charge is 0.276 e. The second-order valence-electron chi connectivity index (χ2n) is 10.1. The van der Waals surface area contributed by atoms with Crippen molar-refractivity contribution < 1.29 is 19.1 Å². The van der Waals surface area contributed by atoms with Crippen LogP contribution in [-0.2, 0) is 16.1 Å². The maximum absolute atomic E-state index is 13.7. The largest absolute Gasteiger partial charge is 0.379 e. The average molecular weight is 482 g/mol. The molecular weight excluding hydrogens is 446 g/mol. The van der Waals surface area contributed by atoms with Crippen molar-refractivity contribution in [3.05, 3.63) is 47.0 Å². The Morgan fingerprint density at radius 2 is 2.00 bits per heavy atom. The van der Waals surface area contributed by atoms with E-state index >= 15 is 0 Å². The lowest BCUT2D eigenvalue weighted by Gasteiger charge is -2.44. The van der Waals surface area contributed by atoms with Crippen LogP contribution in [0.15, 0.2) is 24.5 Å². The number of hydrogen-bond acceptors (Lipinski definition) is 5. The Morgan fingerprint density at radius 1 is 1.26 bits per heavy atom. The predicted octanol–water partition coefficient (Wildman–Crippen LogP) is 3.06. The van der Waals surface area contributed by atoms with Crippen molar-refractivity contribution in [2.24, 2.45) is 0 Å². The minimum Gasteiger partial charge on any atom is -0.379 e. The monoisotopic (exact) mass is 481 g/mol. The number of aryl methyl sites for hydroxylation is 2. The summed E-state index contributed by atoms with van der Waals surface area (Å²) in [6, 6.07) is 5.79. The number of nitrogens with zero attached hydrogens (tertiary/aromatic N) is 3. The highest BCUT2D eigenvalue weighted by atomic mass is 16.5. The van der Waals surface area contributed by atoms with Crippen molar-refractivity contribution in [2.75, 3.05) is 18.5 Å². The molecule has 188 valence electrons. The second-order valence-corrected chi connectivity index (χ2v) is 10.1. The lowest BCUT2D eigenvalue weighted by Crippen LogP contribution is -2.64. The molecule has 9 nitrogen and oxygen atoms in total. The minimum atomic E-state index is -1.06. The number of imidazole rings is 1. The van der Waals surface area contributed by atoms with Gasteiger partial charge >= 0.3 is 0 Å². The molecule has 2 heterocycles. The Balaban J connectivity index is 1.54. The summed E-state index contributed by atoms with van der Waals surface area (Å²) in [5.41, 5.74) is 1.87. The Bertz CT molecular complexity index is 1140. The van der Waals surface area contributed by atoms with E-state index in [0.29, 0.717) is 25.3 Å². The Labute approximate surface area is 206 Å². The molecule has 1 aliphatic carbocycles. The van der Waals surface area contributed by atoms with Crippen LogP contribution in [0.25, 0.3) is 0 Å². The number of rotatable bonds is 9. The Hall–Kier alpha value is -3.20. The fourth-order valence-corrected chi connectivity index (χ4v) is 4.56. The van der Waals surface area contributed by atoms with Crippen LogP contribution >= 0.6 is 0 Å². The fraction of sp³-hybridized carbons (Fsp3) is 0.538. The van der Waals surface area contributed by atoms with Gasteiger partial charge in [0.15, 0.2) is 5.69 Å². The summed E-state index contributed by atoms with van der Waals surface area (Å²) in [6.07, 6.45) is 4.00. The molecule has 0 unspecified atom stereocenters. The van der Waals surface area contributed by atoms with Gasteiger partial charge in [-0.05, 0) is 71.1 Å². The quantitative estimate of drug-likeness (QED) is 0.536. The molecular formula is C26H35N5O4. The third-order valence-electron chi connectivity index (χ3n) is 6.58. The number of hydrogen-bond donors (Lipinski definition) is 2. The first-order valence-electron chi connectivity index (χ1n) is 12.3. The standard InChI is InChI=1S/C26H35N5O4/c1-16(2)35-12-6-11-27-25(34)26(5)14-30-15-28-21(22(30)24(33)31(26)19-9-10-19)23(32)29-20-13-17(3)7-8-18(20)4/h7-8,13,15-16,19H,6,9-12,14H2,1-5H3,(H,27,34)(H,29,32)/t26-/m1/s1. The molecule has 9 heteroatoms. The topological polar surface area (TPSA) is 106 Å². The van der Waals surface area contributed by atoms with Gasteiger partial charge in [0.1, 0.15) is 11.2 Å². The first kappa shape index (κ1) is 24.9. The molecule has 3 amide bonds. The van der Waals surface area contributed by atoms with Gasteiger partial charge in [0, 0.05) is 24.9 Å². The number of carbonyl (C=O) groups excluding carboxylic acids is 3. The van der Waals surface area contributed by atoms with Crippen LogP contribution in [0.5, 0.6) is 0 Å². The summed E-state index contributed by atoms with van der Waals surface area (Å²) in [6.45, 7) is 10.9. The molecule has 0 bridgehead atoms. The van der Waals surface area contributed by atoms with E-state index in [9.17, 15) is 14.4 Å². The van der Waals surface area contributed by atoms with Gasteiger partial charge in [-0.1, -0.05) is 12.1 Å². The summed E-state index contributed by atoms with van der Waals surface area (Å²) < 4.78 is 7.18. The average Bonchev–Trinajstić information content (AvgIpc) is 3.53. The highest BCUT2D eigenvalue weighted by molar-refractivity contribution is 6.12. The van der Waals surface area contributed by atoms with E-state index in [0.717, 1.165) is 24.0 Å². The van der Waals surface area contributed by atoms with Crippen molar-refractivity contribution in [1.82, 2.24) is 19.8 Å². The van der Waals surface area contributed by atoms with Crippen LogP contribution in [0, 0.1) is 13.8 Å². The zero-order chi connectivity index (χ0) is 25.3. The molecule has 0 saturated heterocycles. The van der Waals surface area contributed by atoms with Gasteiger partial charge in [0.2, 0.25) is 5.91 Å². The van der Waals surface area contributed by atoms with Crippen LogP contribution in [-0.4, -0.2) is 63.0 Å². The summed E-state index contributed by atoms with van der Waals surface area (Å²) >= 11 is 0. The third-order valence-corrected chi connectivity index (χ3v) is 6.58. The van der Waals surface area contributed by atoms with Crippen molar-refractivity contribution in [2.45, 2.75) is 78.1 Å². The zero-order valence-corrected chi connectivity index (χ0v) is 21.2. The second kappa shape index (κ2) is 9.81. The van der Waals surface area contributed by atoms with E-state index in [2.05, 4.69) is 15.6 Å². The molecule has 1 atom stereocenters. The molecule has 35 heavy (non-hydrogen) atoms. The molecule has 4 rings (SSSR count). The predicted molar refractivity (Wildman–Crippen MR) is 132 cm³/mol. The lowest BCUT2D eigenvalue weighted by molar-refractivity contribution is -0.133. The van der Waals surface area contributed by atoms with Gasteiger partial charge in [0.05, 0.1) is 19.0 Å². The molecule has 1 aromatic carbocycles. The van der Waals surface area contributed by atoms with Crippen molar-refractivity contribution >= 4 is 23.4 Å². The molecule has 0 radical (unpaired) electrons. The zero-order valence-electron chi connectivity index (χ0n) is 21.2. The Kier molecular flexibility index (Phi) is 6.98. The van der Waals surface area contributed by atoms with E-state index in [4.69, 9.17) is 4.74 Å². The van der Waals surface area contributed by atoms with E-state index in [1.165, 1.54) is 6.33 Å². The SMILES string of the molecule is Cc1ccc(C)c(NC(=O)c2ncn3c2C(=O)N(C2CC2)[C@@](C)(C(=O)NCCCOC(C)C)C3)c1. The lowest BCUT2D eigenvalue weighted by atomic mass is 9.94. The van der Waals surface area contributed by atoms with Crippen LogP contribution in [0.4, 0.5) is 5.69 Å². The molecule has 2 aromatic rings. The number of amides is 3. The molecule has 1 saturated carbocycles. The highest BCUT2D eigenvalue weighted by Crippen LogP contribution is 2.39. The molecule has 1 aromatic heterocycles. The van der Waals surface area contributed by atoms with E-state index < -0.39 is 11.4 Å². The van der Waals surface area contributed by atoms with Crippen LogP contribution in [0.1, 0.15) is 72.1 Å². The fourth-order valence-electron chi connectivity index (χ4n) is 4.56. The normalized spacial score (nSPS) is 19.6. The Morgan fingerprint density at radius 3 is 2.69 bits per heavy atom. The molecule has 1 aliphatic heterocycles. The number of fused-ring (bicyclic) bond motifs is 1. The number of carbonyl (C=O) groups is 3. The van der Waals surface area contributed by atoms with Gasteiger partial charge < -0.3 is 24.8 Å². The first-order chi connectivity index (χ1) is 16.6. The summed E-state index contributed by atoms with van der Waals surface area (Å²) in [5.74, 6) is -0.971. The van der Waals surface area contributed by atoms with Gasteiger partial charge in [-0.25, -0.2) is 4.98 Å². The van der Waals surface area contributed by atoms with Crippen molar-refractivity contribution in [3.63, 3.8) is 0 Å². The number of ether oxygens (including phenoxy) is 1. The first-order valence-corrected chi connectivity index (χ1v) is 12.3. The number of anilines is 1. The summed E-state index contributed by atoms with van der Waals surface area (Å²) in [5, 5.41) is 5.88. The molecule has 2 N–H and O–H groups in total. The maximum atomic E-state index is 13.7. The summed E-state index contributed by atoms with van der Waals surface area (Å²) in [4.78, 5) is 46.1. The molecule has 1 fully saturated rings. The summed E-state index contributed by atoms with van der Waals surface area (Å²) in [7, 11) is 0. The van der Waals surface area contributed by atoms with Gasteiger partial charge in [-0.3, -0.25) is 14.4 Å². The highest BCUT2D eigenvalue weighted by Gasteiger charge is 2.53.